The predicted octanol–water partition coefficient (Wildman–Crippen LogP) is 5.40. The molecule has 170 valence electrons. The molecular formula is C24H26ClF2N3OS. The van der Waals surface area contributed by atoms with Crippen molar-refractivity contribution in [2.24, 2.45) is 0 Å². The van der Waals surface area contributed by atoms with Crippen molar-refractivity contribution in [2.75, 3.05) is 24.5 Å². The normalized spacial score (nSPS) is 20.0. The highest BCUT2D eigenvalue weighted by molar-refractivity contribution is 7.07. The van der Waals surface area contributed by atoms with Crippen LogP contribution in [0.1, 0.15) is 30.7 Å². The molecule has 32 heavy (non-hydrogen) atoms. The van der Waals surface area contributed by atoms with Gasteiger partial charge in [-0.3, -0.25) is 4.79 Å². The van der Waals surface area contributed by atoms with E-state index in [9.17, 15) is 13.6 Å². The molecule has 1 saturated heterocycles. The molecule has 1 fully saturated rings. The summed E-state index contributed by atoms with van der Waals surface area (Å²) >= 11 is 1.24. The third-order valence-corrected chi connectivity index (χ3v) is 7.21. The molecule has 0 radical (unpaired) electrons. The second-order valence-corrected chi connectivity index (χ2v) is 9.24. The molecule has 3 heterocycles. The Morgan fingerprint density at radius 1 is 1.00 bits per heavy atom. The molecule has 0 N–H and O–H groups in total. The highest BCUT2D eigenvalue weighted by Crippen LogP contribution is 2.48. The zero-order valence-corrected chi connectivity index (χ0v) is 19.3. The van der Waals surface area contributed by atoms with Crippen LogP contribution in [0.15, 0.2) is 58.8 Å². The molecule has 2 aromatic carbocycles. The smallest absolute Gasteiger partial charge is 0.307 e. The van der Waals surface area contributed by atoms with Gasteiger partial charge < -0.3 is 14.4 Å². The van der Waals surface area contributed by atoms with Gasteiger partial charge in [-0.25, -0.2) is 8.78 Å². The number of fused-ring (bicyclic) bond motifs is 3. The highest BCUT2D eigenvalue weighted by Gasteiger charge is 2.42. The van der Waals surface area contributed by atoms with Gasteiger partial charge in [-0.15, -0.1) is 12.4 Å². The van der Waals surface area contributed by atoms with Gasteiger partial charge in [0.25, 0.3) is 0 Å². The van der Waals surface area contributed by atoms with E-state index in [1.54, 1.807) is 10.6 Å². The lowest BCUT2D eigenvalue weighted by molar-refractivity contribution is 0.192. The Kier molecular flexibility index (Phi) is 6.98. The van der Waals surface area contributed by atoms with Gasteiger partial charge in [-0.2, -0.15) is 0 Å². The van der Waals surface area contributed by atoms with E-state index in [-0.39, 0.29) is 40.9 Å². The summed E-state index contributed by atoms with van der Waals surface area (Å²) in [7, 11) is 0. The lowest BCUT2D eigenvalue weighted by atomic mass is 9.89. The number of aromatic nitrogens is 1. The number of thiazole rings is 1. The number of rotatable bonds is 6. The first-order chi connectivity index (χ1) is 15.1. The van der Waals surface area contributed by atoms with Crippen LogP contribution in [0.3, 0.4) is 0 Å². The van der Waals surface area contributed by atoms with Crippen LogP contribution < -0.4 is 9.77 Å². The molecule has 3 aromatic rings. The Bertz CT molecular complexity index is 1120. The number of anilines is 2. The molecule has 0 bridgehead atoms. The fraction of sp³-hybridized carbons (Fsp3) is 0.375. The van der Waals surface area contributed by atoms with E-state index in [1.165, 1.54) is 29.5 Å². The number of piperidine rings is 1. The van der Waals surface area contributed by atoms with E-state index in [0.717, 1.165) is 62.4 Å². The van der Waals surface area contributed by atoms with Crippen molar-refractivity contribution in [3.8, 4) is 0 Å². The van der Waals surface area contributed by atoms with E-state index in [0.29, 0.717) is 0 Å². The molecule has 5 rings (SSSR count). The zero-order chi connectivity index (χ0) is 21.4. The SMILES string of the molecule is Cl.O=c1sccn1CCCCN1CCC2C(C1)c1cc(F)ccc1N2c1ccc(F)cc1. The largest absolute Gasteiger partial charge is 0.337 e. The zero-order valence-electron chi connectivity index (χ0n) is 17.6. The van der Waals surface area contributed by atoms with Crippen LogP contribution in [0.5, 0.6) is 0 Å². The molecule has 1 aromatic heterocycles. The molecule has 2 unspecified atom stereocenters. The molecule has 0 saturated carbocycles. The Morgan fingerprint density at radius 2 is 1.75 bits per heavy atom. The van der Waals surface area contributed by atoms with Crippen molar-refractivity contribution >= 4 is 35.1 Å². The maximum Gasteiger partial charge on any atom is 0.307 e. The Hall–Kier alpha value is -2.22. The maximum absolute atomic E-state index is 14.1. The standard InChI is InChI=1S/C24H25F2N3OS.ClH/c25-17-3-6-19(7-4-17)29-22-8-5-18(26)15-20(22)21-16-27(12-9-23(21)29)10-1-2-11-28-13-14-31-24(28)30;/h3-8,13-15,21,23H,1-2,9-12,16H2;1H. The summed E-state index contributed by atoms with van der Waals surface area (Å²) in [5, 5.41) is 1.83. The van der Waals surface area contributed by atoms with Gasteiger partial charge in [0.2, 0.25) is 0 Å². The minimum atomic E-state index is -0.252. The number of likely N-dealkylation sites (tertiary alicyclic amines) is 1. The van der Waals surface area contributed by atoms with Crippen LogP contribution in [-0.4, -0.2) is 35.1 Å². The van der Waals surface area contributed by atoms with Crippen molar-refractivity contribution in [1.82, 2.24) is 9.47 Å². The molecule has 4 nitrogen and oxygen atoms in total. The quantitative estimate of drug-likeness (QED) is 0.445. The molecule has 2 atom stereocenters. The number of nitrogens with zero attached hydrogens (tertiary/aromatic N) is 3. The molecule has 0 aliphatic carbocycles. The lowest BCUT2D eigenvalue weighted by Gasteiger charge is -2.39. The lowest BCUT2D eigenvalue weighted by Crippen LogP contribution is -2.45. The van der Waals surface area contributed by atoms with Gasteiger partial charge in [0.15, 0.2) is 0 Å². The summed E-state index contributed by atoms with van der Waals surface area (Å²) in [6.45, 7) is 3.60. The van der Waals surface area contributed by atoms with Gasteiger partial charge >= 0.3 is 4.87 Å². The molecule has 2 aliphatic rings. The van der Waals surface area contributed by atoms with E-state index in [1.807, 2.05) is 29.8 Å². The van der Waals surface area contributed by atoms with Crippen LogP contribution in [0.2, 0.25) is 0 Å². The van der Waals surface area contributed by atoms with E-state index < -0.39 is 0 Å². The van der Waals surface area contributed by atoms with Crippen LogP contribution in [-0.2, 0) is 6.54 Å². The second kappa shape index (κ2) is 9.73. The number of hydrogen-bond donors (Lipinski definition) is 0. The van der Waals surface area contributed by atoms with Crippen molar-refractivity contribution < 1.29 is 8.78 Å². The summed E-state index contributed by atoms with van der Waals surface area (Å²) in [4.78, 5) is 16.5. The molecular weight excluding hydrogens is 452 g/mol. The predicted molar refractivity (Wildman–Crippen MR) is 128 cm³/mol. The summed E-state index contributed by atoms with van der Waals surface area (Å²) in [5.74, 6) is -0.237. The van der Waals surface area contributed by atoms with Crippen molar-refractivity contribution in [3.63, 3.8) is 0 Å². The molecule has 0 spiro atoms. The van der Waals surface area contributed by atoms with E-state index in [4.69, 9.17) is 0 Å². The fourth-order valence-corrected chi connectivity index (χ4v) is 5.66. The van der Waals surface area contributed by atoms with Crippen LogP contribution in [0, 0.1) is 11.6 Å². The molecule has 8 heteroatoms. The summed E-state index contributed by atoms with van der Waals surface area (Å²) < 4.78 is 29.4. The van der Waals surface area contributed by atoms with Crippen molar-refractivity contribution in [3.05, 3.63) is 80.9 Å². The van der Waals surface area contributed by atoms with Crippen LogP contribution in [0.4, 0.5) is 20.2 Å². The number of aryl methyl sites for hydroxylation is 1. The van der Waals surface area contributed by atoms with Gasteiger partial charge in [0.05, 0.1) is 0 Å². The maximum atomic E-state index is 14.1. The van der Waals surface area contributed by atoms with Crippen molar-refractivity contribution in [2.45, 2.75) is 37.8 Å². The summed E-state index contributed by atoms with van der Waals surface area (Å²) in [6.07, 6.45) is 4.82. The second-order valence-electron chi connectivity index (χ2n) is 8.38. The van der Waals surface area contributed by atoms with Crippen LogP contribution >= 0.6 is 23.7 Å². The first kappa shape index (κ1) is 23.0. The number of hydrogen-bond acceptors (Lipinski definition) is 4. The minimum absolute atomic E-state index is 0. The minimum Gasteiger partial charge on any atom is -0.337 e. The van der Waals surface area contributed by atoms with Crippen LogP contribution in [0.25, 0.3) is 0 Å². The average molecular weight is 478 g/mol. The van der Waals surface area contributed by atoms with E-state index in [2.05, 4.69) is 9.80 Å². The van der Waals surface area contributed by atoms with Gasteiger partial charge in [-0.1, -0.05) is 11.3 Å². The van der Waals surface area contributed by atoms with Gasteiger partial charge in [0.1, 0.15) is 11.6 Å². The summed E-state index contributed by atoms with van der Waals surface area (Å²) in [5.41, 5.74) is 3.03. The first-order valence-electron chi connectivity index (χ1n) is 10.8. The van der Waals surface area contributed by atoms with Gasteiger partial charge in [0, 0.05) is 54.5 Å². The van der Waals surface area contributed by atoms with Crippen molar-refractivity contribution in [1.29, 1.82) is 0 Å². The highest BCUT2D eigenvalue weighted by atomic mass is 35.5. The number of benzene rings is 2. The molecule has 0 amide bonds. The topological polar surface area (TPSA) is 28.5 Å². The monoisotopic (exact) mass is 477 g/mol. The van der Waals surface area contributed by atoms with Gasteiger partial charge in [-0.05, 0) is 73.8 Å². The number of unbranched alkanes of at least 4 members (excludes halogenated alkanes) is 1. The Balaban J connectivity index is 0.00000245. The first-order valence-corrected chi connectivity index (χ1v) is 11.7. The summed E-state index contributed by atoms with van der Waals surface area (Å²) in [6, 6.07) is 11.9. The third-order valence-electron chi connectivity index (χ3n) is 6.51. The van der Waals surface area contributed by atoms with E-state index >= 15 is 0 Å². The average Bonchev–Trinajstić information content (AvgIpc) is 3.32. The number of halogens is 3. The Labute approximate surface area is 196 Å². The molecule has 2 aliphatic heterocycles. The Morgan fingerprint density at radius 3 is 2.50 bits per heavy atom. The third kappa shape index (κ3) is 4.47. The fourth-order valence-electron chi connectivity index (χ4n) is 5.05.